The lowest BCUT2D eigenvalue weighted by Gasteiger charge is -2.21. The Bertz CT molecular complexity index is 1050. The van der Waals surface area contributed by atoms with E-state index in [1.54, 1.807) is 30.0 Å². The van der Waals surface area contributed by atoms with E-state index in [2.05, 4.69) is 9.97 Å². The highest BCUT2D eigenvalue weighted by Crippen LogP contribution is 2.35. The van der Waals surface area contributed by atoms with Gasteiger partial charge in [-0.2, -0.15) is 13.2 Å². The highest BCUT2D eigenvalue weighted by Gasteiger charge is 2.36. The SMILES string of the molecule is C[C@H](Sc1nc(C(F)(F)F)nc2ccccc12)C(=O)N1CCc2ccccc21. The Labute approximate surface area is 163 Å². The van der Waals surface area contributed by atoms with Crippen LogP contribution >= 0.6 is 11.8 Å². The van der Waals surface area contributed by atoms with Crippen molar-refractivity contribution in [3.05, 3.63) is 59.9 Å². The minimum absolute atomic E-state index is 0.147. The van der Waals surface area contributed by atoms with E-state index in [1.165, 1.54) is 6.07 Å². The zero-order chi connectivity index (χ0) is 19.9. The van der Waals surface area contributed by atoms with Crippen LogP contribution in [0.1, 0.15) is 18.3 Å². The highest BCUT2D eigenvalue weighted by molar-refractivity contribution is 8.00. The number of alkyl halides is 3. The first-order chi connectivity index (χ1) is 13.3. The van der Waals surface area contributed by atoms with Gasteiger partial charge in [0.2, 0.25) is 11.7 Å². The number of thioether (sulfide) groups is 1. The molecule has 1 aromatic heterocycles. The Balaban J connectivity index is 1.65. The fourth-order valence-electron chi connectivity index (χ4n) is 3.27. The summed E-state index contributed by atoms with van der Waals surface area (Å²) in [6.45, 7) is 2.26. The van der Waals surface area contributed by atoms with E-state index >= 15 is 0 Å². The number of rotatable bonds is 3. The van der Waals surface area contributed by atoms with Gasteiger partial charge in [-0.25, -0.2) is 9.97 Å². The number of benzene rings is 2. The third-order valence-corrected chi connectivity index (χ3v) is 5.70. The number of anilines is 1. The van der Waals surface area contributed by atoms with Gasteiger partial charge < -0.3 is 4.90 Å². The molecule has 0 fully saturated rings. The maximum atomic E-state index is 13.2. The molecule has 1 aliphatic rings. The van der Waals surface area contributed by atoms with Crippen molar-refractivity contribution in [3.63, 3.8) is 0 Å². The molecule has 4 rings (SSSR count). The molecule has 0 radical (unpaired) electrons. The summed E-state index contributed by atoms with van der Waals surface area (Å²) in [6.07, 6.45) is -3.88. The molecule has 1 atom stereocenters. The fourth-order valence-corrected chi connectivity index (χ4v) is 4.27. The smallest absolute Gasteiger partial charge is 0.311 e. The van der Waals surface area contributed by atoms with Crippen LogP contribution in [0.15, 0.2) is 53.6 Å². The maximum absolute atomic E-state index is 13.2. The Hall–Kier alpha value is -2.61. The van der Waals surface area contributed by atoms with Crippen LogP contribution in [0.2, 0.25) is 0 Å². The number of halogens is 3. The van der Waals surface area contributed by atoms with Crippen LogP contribution in [0.5, 0.6) is 0 Å². The zero-order valence-electron chi connectivity index (χ0n) is 14.9. The molecule has 0 bridgehead atoms. The lowest BCUT2D eigenvalue weighted by Crippen LogP contribution is -2.35. The molecule has 0 aliphatic carbocycles. The molecule has 0 spiro atoms. The van der Waals surface area contributed by atoms with Crippen molar-refractivity contribution < 1.29 is 18.0 Å². The minimum atomic E-state index is -4.65. The van der Waals surface area contributed by atoms with Crippen molar-refractivity contribution in [1.29, 1.82) is 0 Å². The number of nitrogens with zero attached hydrogens (tertiary/aromatic N) is 3. The first-order valence-corrected chi connectivity index (χ1v) is 9.62. The second kappa shape index (κ2) is 7.09. The topological polar surface area (TPSA) is 46.1 Å². The summed E-state index contributed by atoms with van der Waals surface area (Å²) in [5, 5.41) is 0.0683. The molecule has 4 nitrogen and oxygen atoms in total. The lowest BCUT2D eigenvalue weighted by atomic mass is 10.2. The van der Waals surface area contributed by atoms with E-state index < -0.39 is 17.3 Å². The van der Waals surface area contributed by atoms with Crippen molar-refractivity contribution in [3.8, 4) is 0 Å². The quantitative estimate of drug-likeness (QED) is 0.469. The molecular formula is C20H16F3N3OS. The molecule has 2 heterocycles. The molecule has 3 aromatic rings. The predicted molar refractivity (Wildman–Crippen MR) is 102 cm³/mol. The first kappa shape index (κ1) is 18.7. The molecule has 8 heteroatoms. The van der Waals surface area contributed by atoms with Crippen LogP contribution < -0.4 is 4.90 Å². The summed E-state index contributed by atoms with van der Waals surface area (Å²) in [6, 6.07) is 14.2. The Morgan fingerprint density at radius 3 is 2.61 bits per heavy atom. The predicted octanol–water partition coefficient (Wildman–Crippen LogP) is 4.72. The summed E-state index contributed by atoms with van der Waals surface area (Å²) in [7, 11) is 0. The van der Waals surface area contributed by atoms with Crippen molar-refractivity contribution >= 4 is 34.3 Å². The number of amides is 1. The van der Waals surface area contributed by atoms with Crippen LogP contribution in [0.3, 0.4) is 0 Å². The second-order valence-corrected chi connectivity index (χ2v) is 7.83. The Morgan fingerprint density at radius 2 is 1.82 bits per heavy atom. The summed E-state index contributed by atoms with van der Waals surface area (Å²) >= 11 is 1.03. The van der Waals surface area contributed by atoms with Gasteiger partial charge in [0.25, 0.3) is 0 Å². The molecule has 28 heavy (non-hydrogen) atoms. The van der Waals surface area contributed by atoms with Gasteiger partial charge in [-0.05, 0) is 31.0 Å². The van der Waals surface area contributed by atoms with E-state index in [-0.39, 0.29) is 16.4 Å². The van der Waals surface area contributed by atoms with Gasteiger partial charge in [0.1, 0.15) is 5.03 Å². The second-order valence-electron chi connectivity index (χ2n) is 6.50. The number of fused-ring (bicyclic) bond motifs is 2. The fraction of sp³-hybridized carbons (Fsp3) is 0.250. The molecule has 0 saturated heterocycles. The van der Waals surface area contributed by atoms with E-state index in [0.29, 0.717) is 11.9 Å². The third-order valence-electron chi connectivity index (χ3n) is 4.61. The van der Waals surface area contributed by atoms with E-state index in [9.17, 15) is 18.0 Å². The van der Waals surface area contributed by atoms with E-state index in [4.69, 9.17) is 0 Å². The zero-order valence-corrected chi connectivity index (χ0v) is 15.7. The largest absolute Gasteiger partial charge is 0.451 e. The number of aromatic nitrogens is 2. The molecule has 0 N–H and O–H groups in total. The van der Waals surface area contributed by atoms with Gasteiger partial charge in [0, 0.05) is 17.6 Å². The van der Waals surface area contributed by atoms with Crippen LogP contribution in [-0.2, 0) is 17.4 Å². The average molecular weight is 403 g/mol. The van der Waals surface area contributed by atoms with Crippen LogP contribution in [-0.4, -0.2) is 27.7 Å². The molecular weight excluding hydrogens is 387 g/mol. The van der Waals surface area contributed by atoms with Gasteiger partial charge in [0.05, 0.1) is 10.8 Å². The Morgan fingerprint density at radius 1 is 1.11 bits per heavy atom. The first-order valence-electron chi connectivity index (χ1n) is 8.74. The minimum Gasteiger partial charge on any atom is -0.311 e. The van der Waals surface area contributed by atoms with Crippen molar-refractivity contribution in [2.75, 3.05) is 11.4 Å². The lowest BCUT2D eigenvalue weighted by molar-refractivity contribution is -0.145. The molecule has 0 saturated carbocycles. The van der Waals surface area contributed by atoms with Gasteiger partial charge in [-0.3, -0.25) is 4.79 Å². The van der Waals surface area contributed by atoms with Crippen LogP contribution in [0.4, 0.5) is 18.9 Å². The van der Waals surface area contributed by atoms with Gasteiger partial charge in [-0.15, -0.1) is 0 Å². The maximum Gasteiger partial charge on any atom is 0.451 e. The summed E-state index contributed by atoms with van der Waals surface area (Å²) in [4.78, 5) is 22.0. The average Bonchev–Trinajstić information content (AvgIpc) is 3.10. The van der Waals surface area contributed by atoms with Crippen molar-refractivity contribution in [1.82, 2.24) is 9.97 Å². The number of carbonyl (C=O) groups is 1. The molecule has 144 valence electrons. The van der Waals surface area contributed by atoms with Crippen LogP contribution in [0, 0.1) is 0 Å². The van der Waals surface area contributed by atoms with Crippen molar-refractivity contribution in [2.45, 2.75) is 29.8 Å². The van der Waals surface area contributed by atoms with Crippen LogP contribution in [0.25, 0.3) is 10.9 Å². The molecule has 2 aromatic carbocycles. The Kier molecular flexibility index (Phi) is 4.74. The number of hydrogen-bond donors (Lipinski definition) is 0. The normalized spacial score (nSPS) is 14.9. The molecule has 1 aliphatic heterocycles. The molecule has 0 unspecified atom stereocenters. The standard InChI is InChI=1S/C20H16F3N3OS/c1-12(18(27)26-11-10-13-6-2-5-9-16(13)26)28-17-14-7-3-4-8-15(14)24-19(25-17)20(21,22)23/h2-9,12H,10-11H2,1H3/t12-/m0/s1. The van der Waals surface area contributed by atoms with Gasteiger partial charge in [0.15, 0.2) is 0 Å². The summed E-state index contributed by atoms with van der Waals surface area (Å²) < 4.78 is 39.6. The molecule has 1 amide bonds. The van der Waals surface area contributed by atoms with Crippen molar-refractivity contribution in [2.24, 2.45) is 0 Å². The third kappa shape index (κ3) is 3.44. The number of hydrogen-bond acceptors (Lipinski definition) is 4. The highest BCUT2D eigenvalue weighted by atomic mass is 32.2. The number of carbonyl (C=O) groups excluding carboxylic acids is 1. The van der Waals surface area contributed by atoms with E-state index in [1.807, 2.05) is 24.3 Å². The number of para-hydroxylation sites is 2. The monoisotopic (exact) mass is 403 g/mol. The van der Waals surface area contributed by atoms with Gasteiger partial charge >= 0.3 is 6.18 Å². The summed E-state index contributed by atoms with van der Waals surface area (Å²) in [5.74, 6) is -1.34. The van der Waals surface area contributed by atoms with Gasteiger partial charge in [-0.1, -0.05) is 48.2 Å². The summed E-state index contributed by atoms with van der Waals surface area (Å²) in [5.41, 5.74) is 2.17. The van der Waals surface area contributed by atoms with E-state index in [0.717, 1.165) is 29.4 Å².